The number of benzene rings is 1. The number of pyridine rings is 1. The van der Waals surface area contributed by atoms with Gasteiger partial charge in [-0.3, -0.25) is 4.79 Å². The lowest BCUT2D eigenvalue weighted by atomic mass is 10.1. The molecule has 1 unspecified atom stereocenters. The molecule has 128 valence electrons. The van der Waals surface area contributed by atoms with E-state index in [0.717, 1.165) is 5.56 Å². The van der Waals surface area contributed by atoms with Gasteiger partial charge in [0.15, 0.2) is 11.5 Å². The van der Waals surface area contributed by atoms with E-state index in [2.05, 4.69) is 10.3 Å². The molecule has 6 heteroatoms. The Balaban J connectivity index is 2.17. The average Bonchev–Trinajstić information content (AvgIpc) is 2.57. The maximum absolute atomic E-state index is 12.3. The van der Waals surface area contributed by atoms with E-state index in [9.17, 15) is 4.79 Å². The van der Waals surface area contributed by atoms with Crippen molar-refractivity contribution >= 4 is 17.5 Å². The molecule has 1 atom stereocenters. The second-order valence-corrected chi connectivity index (χ2v) is 5.47. The Morgan fingerprint density at radius 2 is 1.92 bits per heavy atom. The maximum atomic E-state index is 12.3. The smallest absolute Gasteiger partial charge is 0.254 e. The van der Waals surface area contributed by atoms with Crippen LogP contribution < -0.4 is 14.8 Å². The Morgan fingerprint density at radius 3 is 2.58 bits per heavy atom. The second kappa shape index (κ2) is 8.55. The number of carbonyl (C=O) groups excluding carboxylic acids is 1. The van der Waals surface area contributed by atoms with Crippen molar-refractivity contribution in [2.24, 2.45) is 0 Å². The first-order valence-corrected chi connectivity index (χ1v) is 8.25. The molecular weight excluding hydrogens is 328 g/mol. The van der Waals surface area contributed by atoms with Gasteiger partial charge in [0.2, 0.25) is 0 Å². The molecular formula is C18H21ClN2O3. The Morgan fingerprint density at radius 1 is 1.21 bits per heavy atom. The first-order valence-electron chi connectivity index (χ1n) is 7.87. The van der Waals surface area contributed by atoms with E-state index in [-0.39, 0.29) is 17.1 Å². The maximum Gasteiger partial charge on any atom is 0.254 e. The van der Waals surface area contributed by atoms with E-state index in [1.165, 1.54) is 0 Å². The normalized spacial score (nSPS) is 11.7. The molecule has 0 spiro atoms. The highest BCUT2D eigenvalue weighted by atomic mass is 35.5. The van der Waals surface area contributed by atoms with Crippen molar-refractivity contribution in [2.75, 3.05) is 13.2 Å². The van der Waals surface area contributed by atoms with Gasteiger partial charge < -0.3 is 14.8 Å². The second-order valence-electron chi connectivity index (χ2n) is 5.11. The van der Waals surface area contributed by atoms with Crippen molar-refractivity contribution in [3.63, 3.8) is 0 Å². The van der Waals surface area contributed by atoms with Crippen LogP contribution in [0.2, 0.25) is 5.15 Å². The number of ether oxygens (including phenoxy) is 2. The molecule has 2 rings (SSSR count). The van der Waals surface area contributed by atoms with Gasteiger partial charge in [-0.2, -0.15) is 0 Å². The number of nitrogens with zero attached hydrogens (tertiary/aromatic N) is 1. The minimum atomic E-state index is -0.271. The molecule has 2 aromatic rings. The van der Waals surface area contributed by atoms with Crippen LogP contribution in [0, 0.1) is 0 Å². The largest absolute Gasteiger partial charge is 0.490 e. The number of rotatable bonds is 7. The third-order valence-electron chi connectivity index (χ3n) is 3.42. The van der Waals surface area contributed by atoms with Gasteiger partial charge in [0.05, 0.1) is 24.8 Å². The van der Waals surface area contributed by atoms with E-state index >= 15 is 0 Å². The quantitative estimate of drug-likeness (QED) is 0.767. The number of amides is 1. The first kappa shape index (κ1) is 18.1. The topological polar surface area (TPSA) is 60.5 Å². The predicted molar refractivity (Wildman–Crippen MR) is 93.9 cm³/mol. The predicted octanol–water partition coefficient (Wildman–Crippen LogP) is 4.02. The number of carbonyl (C=O) groups is 1. The van der Waals surface area contributed by atoms with Crippen LogP contribution >= 0.6 is 11.6 Å². The molecule has 1 aromatic heterocycles. The summed E-state index contributed by atoms with van der Waals surface area (Å²) in [5.74, 6) is 1.08. The molecule has 1 heterocycles. The van der Waals surface area contributed by atoms with Crippen molar-refractivity contribution in [3.05, 3.63) is 52.8 Å². The Labute approximate surface area is 147 Å². The highest BCUT2D eigenvalue weighted by Gasteiger charge is 2.16. The molecule has 5 nitrogen and oxygen atoms in total. The highest BCUT2D eigenvalue weighted by Crippen LogP contribution is 2.30. The molecule has 24 heavy (non-hydrogen) atoms. The van der Waals surface area contributed by atoms with Gasteiger partial charge in [-0.05, 0) is 50.6 Å². The number of nitrogens with one attached hydrogen (secondary N) is 1. The lowest BCUT2D eigenvalue weighted by Gasteiger charge is -2.17. The van der Waals surface area contributed by atoms with Gasteiger partial charge in [0.25, 0.3) is 5.91 Å². The van der Waals surface area contributed by atoms with Crippen molar-refractivity contribution in [2.45, 2.75) is 26.8 Å². The van der Waals surface area contributed by atoms with Crippen molar-refractivity contribution in [1.82, 2.24) is 10.3 Å². The number of hydrogen-bond donors (Lipinski definition) is 1. The van der Waals surface area contributed by atoms with Crippen LogP contribution in [0.3, 0.4) is 0 Å². The summed E-state index contributed by atoms with van der Waals surface area (Å²) in [4.78, 5) is 16.3. The van der Waals surface area contributed by atoms with E-state index in [1.807, 2.05) is 39.0 Å². The number of halogens is 1. The number of hydrogen-bond acceptors (Lipinski definition) is 4. The molecule has 0 saturated heterocycles. The van der Waals surface area contributed by atoms with Gasteiger partial charge in [-0.15, -0.1) is 0 Å². The monoisotopic (exact) mass is 348 g/mol. The summed E-state index contributed by atoms with van der Waals surface area (Å²) in [7, 11) is 0. The van der Waals surface area contributed by atoms with Crippen molar-refractivity contribution in [3.8, 4) is 11.5 Å². The third-order valence-corrected chi connectivity index (χ3v) is 3.72. The standard InChI is InChI=1S/C18H21ClN2O3/c1-4-23-15-9-8-13(11-16(15)24-5-2)12(3)21-18(22)14-7-6-10-20-17(14)19/h6-12H,4-5H2,1-3H3,(H,21,22). The van der Waals surface area contributed by atoms with Crippen molar-refractivity contribution < 1.29 is 14.3 Å². The van der Waals surface area contributed by atoms with Gasteiger partial charge in [-0.1, -0.05) is 17.7 Å². The Bertz CT molecular complexity index is 706. The minimum Gasteiger partial charge on any atom is -0.490 e. The lowest BCUT2D eigenvalue weighted by molar-refractivity contribution is 0.0939. The summed E-state index contributed by atoms with van der Waals surface area (Å²) in [5.41, 5.74) is 1.26. The van der Waals surface area contributed by atoms with Crippen LogP contribution in [0.1, 0.15) is 42.7 Å². The van der Waals surface area contributed by atoms with E-state index in [4.69, 9.17) is 21.1 Å². The van der Waals surface area contributed by atoms with Crippen LogP contribution in [0.4, 0.5) is 0 Å². The van der Waals surface area contributed by atoms with Gasteiger partial charge in [0, 0.05) is 6.20 Å². The SMILES string of the molecule is CCOc1ccc(C(C)NC(=O)c2cccnc2Cl)cc1OCC. The molecule has 0 aliphatic heterocycles. The van der Waals surface area contributed by atoms with Crippen molar-refractivity contribution in [1.29, 1.82) is 0 Å². The molecule has 1 aromatic carbocycles. The van der Waals surface area contributed by atoms with Gasteiger partial charge in [-0.25, -0.2) is 4.98 Å². The van der Waals surface area contributed by atoms with Crippen LogP contribution in [0.25, 0.3) is 0 Å². The zero-order valence-electron chi connectivity index (χ0n) is 14.0. The molecule has 1 N–H and O–H groups in total. The van der Waals surface area contributed by atoms with E-state index in [1.54, 1.807) is 18.3 Å². The van der Waals surface area contributed by atoms with Crippen LogP contribution in [0.15, 0.2) is 36.5 Å². The molecule has 0 radical (unpaired) electrons. The summed E-state index contributed by atoms with van der Waals surface area (Å²) in [6, 6.07) is 8.73. The summed E-state index contributed by atoms with van der Waals surface area (Å²) in [5, 5.41) is 3.10. The van der Waals surface area contributed by atoms with E-state index < -0.39 is 0 Å². The molecule has 0 saturated carbocycles. The molecule has 0 fully saturated rings. The fourth-order valence-corrected chi connectivity index (χ4v) is 2.46. The van der Waals surface area contributed by atoms with Gasteiger partial charge >= 0.3 is 0 Å². The molecule has 0 aliphatic rings. The molecule has 1 amide bonds. The van der Waals surface area contributed by atoms with Crippen LogP contribution in [0.5, 0.6) is 11.5 Å². The summed E-state index contributed by atoms with van der Waals surface area (Å²) < 4.78 is 11.2. The summed E-state index contributed by atoms with van der Waals surface area (Å²) >= 11 is 5.96. The fraction of sp³-hybridized carbons (Fsp3) is 0.333. The Hall–Kier alpha value is -2.27. The van der Waals surface area contributed by atoms with E-state index in [0.29, 0.717) is 30.3 Å². The molecule has 0 aliphatic carbocycles. The van der Waals surface area contributed by atoms with Crippen LogP contribution in [-0.4, -0.2) is 24.1 Å². The fourth-order valence-electron chi connectivity index (χ4n) is 2.25. The molecule has 0 bridgehead atoms. The lowest BCUT2D eigenvalue weighted by Crippen LogP contribution is -2.27. The highest BCUT2D eigenvalue weighted by molar-refractivity contribution is 6.32. The minimum absolute atomic E-state index is 0.184. The zero-order chi connectivity index (χ0) is 17.5. The van der Waals surface area contributed by atoms with Crippen LogP contribution in [-0.2, 0) is 0 Å². The number of aromatic nitrogens is 1. The Kier molecular flexibility index (Phi) is 6.44. The first-order chi connectivity index (χ1) is 11.6. The summed E-state index contributed by atoms with van der Waals surface area (Å²) in [6.45, 7) is 6.83. The van der Waals surface area contributed by atoms with Gasteiger partial charge in [0.1, 0.15) is 5.15 Å². The third kappa shape index (κ3) is 4.38. The zero-order valence-corrected chi connectivity index (χ0v) is 14.8. The average molecular weight is 349 g/mol. The summed E-state index contributed by atoms with van der Waals surface area (Å²) in [6.07, 6.45) is 1.55.